The minimum atomic E-state index is -2.05. The number of hydrogen-bond acceptors (Lipinski definition) is 4. The van der Waals surface area contributed by atoms with E-state index in [1.807, 2.05) is 0 Å². The van der Waals surface area contributed by atoms with E-state index in [4.69, 9.17) is 0 Å². The third kappa shape index (κ3) is 5.45. The molecule has 5 heteroatoms. The Labute approximate surface area is 166 Å². The maximum absolute atomic E-state index is 11.5. The molecule has 0 unspecified atom stereocenters. The van der Waals surface area contributed by atoms with Gasteiger partial charge in [0.05, 0.1) is 17.4 Å². The molecule has 0 saturated carbocycles. The van der Waals surface area contributed by atoms with Crippen molar-refractivity contribution in [1.82, 2.24) is 0 Å². The molecule has 0 aliphatic heterocycles. The second-order valence-electron chi connectivity index (χ2n) is 5.01. The first-order valence-electron chi connectivity index (χ1n) is 7.04. The molecule has 0 saturated heterocycles. The average molecular weight is 414 g/mol. The van der Waals surface area contributed by atoms with Gasteiger partial charge in [0.1, 0.15) is 0 Å². The standard InChI is InChI=1S/C16H22O4.Ba/c1-2-3-4-5-9-12-16(14(17)18,15(19)20)13-10-7-6-8-11-13;/h6-8,10-11H,2-5,9,12H2,1H3,(H,17,18)(H,19,20);/q;+2/p-2. The molecular formula is C16H20BaO4. The summed E-state index contributed by atoms with van der Waals surface area (Å²) in [5, 5.41) is 22.9. The Hall–Kier alpha value is -0.269. The molecule has 0 heterocycles. The molecule has 0 radical (unpaired) electrons. The summed E-state index contributed by atoms with van der Waals surface area (Å²) >= 11 is 0. The van der Waals surface area contributed by atoms with Crippen LogP contribution >= 0.6 is 0 Å². The van der Waals surface area contributed by atoms with Gasteiger partial charge in [-0.15, -0.1) is 0 Å². The molecule has 1 aromatic carbocycles. The summed E-state index contributed by atoms with van der Waals surface area (Å²) in [5.74, 6) is -3.20. The summed E-state index contributed by atoms with van der Waals surface area (Å²) in [6, 6.07) is 7.94. The summed E-state index contributed by atoms with van der Waals surface area (Å²) in [4.78, 5) is 22.9. The van der Waals surface area contributed by atoms with E-state index in [1.165, 1.54) is 12.1 Å². The molecule has 4 nitrogen and oxygen atoms in total. The van der Waals surface area contributed by atoms with Crippen LogP contribution in [0.3, 0.4) is 0 Å². The predicted octanol–water partition coefficient (Wildman–Crippen LogP) is 0.404. The summed E-state index contributed by atoms with van der Waals surface area (Å²) < 4.78 is 0. The van der Waals surface area contributed by atoms with Crippen molar-refractivity contribution in [2.75, 3.05) is 0 Å². The van der Waals surface area contributed by atoms with Gasteiger partial charge in [0, 0.05) is 0 Å². The first-order valence-corrected chi connectivity index (χ1v) is 7.04. The van der Waals surface area contributed by atoms with E-state index in [2.05, 4.69) is 6.92 Å². The molecule has 1 aromatic rings. The summed E-state index contributed by atoms with van der Waals surface area (Å²) in [6.07, 6.45) is 4.45. The Morgan fingerprint density at radius 3 is 1.95 bits per heavy atom. The Kier molecular flexibility index (Phi) is 10.3. The first kappa shape index (κ1) is 20.7. The predicted molar refractivity (Wildman–Crippen MR) is 77.3 cm³/mol. The molecular weight excluding hydrogens is 394 g/mol. The molecule has 0 fully saturated rings. The van der Waals surface area contributed by atoms with Crippen LogP contribution in [0.4, 0.5) is 0 Å². The molecule has 0 atom stereocenters. The fourth-order valence-corrected chi connectivity index (χ4v) is 2.38. The normalized spacial score (nSPS) is 10.7. The van der Waals surface area contributed by atoms with Crippen LogP contribution < -0.4 is 10.2 Å². The van der Waals surface area contributed by atoms with Gasteiger partial charge >= 0.3 is 48.9 Å². The largest absolute Gasteiger partial charge is 2.00 e. The van der Waals surface area contributed by atoms with Crippen molar-refractivity contribution in [2.45, 2.75) is 50.9 Å². The van der Waals surface area contributed by atoms with E-state index in [0.29, 0.717) is 6.42 Å². The van der Waals surface area contributed by atoms with Crippen molar-refractivity contribution in [3.63, 3.8) is 0 Å². The first-order chi connectivity index (χ1) is 9.55. The van der Waals surface area contributed by atoms with Gasteiger partial charge in [-0.1, -0.05) is 69.4 Å². The summed E-state index contributed by atoms with van der Waals surface area (Å²) in [5.41, 5.74) is -1.83. The second-order valence-corrected chi connectivity index (χ2v) is 5.01. The number of rotatable bonds is 9. The van der Waals surface area contributed by atoms with E-state index in [9.17, 15) is 19.8 Å². The van der Waals surface area contributed by atoms with Crippen molar-refractivity contribution in [3.8, 4) is 0 Å². The minimum absolute atomic E-state index is 0. The van der Waals surface area contributed by atoms with Gasteiger partial charge in [-0.25, -0.2) is 0 Å². The molecule has 21 heavy (non-hydrogen) atoms. The third-order valence-electron chi connectivity index (χ3n) is 3.62. The van der Waals surface area contributed by atoms with Crippen LogP contribution in [0.5, 0.6) is 0 Å². The Morgan fingerprint density at radius 2 is 1.48 bits per heavy atom. The van der Waals surface area contributed by atoms with Crippen LogP contribution in [-0.2, 0) is 15.0 Å². The van der Waals surface area contributed by atoms with Crippen molar-refractivity contribution in [1.29, 1.82) is 0 Å². The SMILES string of the molecule is CCCCCCCC(C(=O)[O-])(C(=O)[O-])c1ccccc1.[Ba+2]. The van der Waals surface area contributed by atoms with Crippen molar-refractivity contribution in [3.05, 3.63) is 35.9 Å². The quantitative estimate of drug-likeness (QED) is 0.333. The average Bonchev–Trinajstić information content (AvgIpc) is 2.43. The maximum atomic E-state index is 11.5. The molecule has 0 aromatic heterocycles. The molecule has 1 rings (SSSR count). The Morgan fingerprint density at radius 1 is 0.952 bits per heavy atom. The van der Waals surface area contributed by atoms with Crippen LogP contribution in [0.1, 0.15) is 51.0 Å². The van der Waals surface area contributed by atoms with Crippen LogP contribution in [0.2, 0.25) is 0 Å². The number of carboxylic acid groups (broad SMARTS) is 2. The molecule has 110 valence electrons. The van der Waals surface area contributed by atoms with Gasteiger partial charge in [0.15, 0.2) is 0 Å². The van der Waals surface area contributed by atoms with E-state index in [1.54, 1.807) is 18.2 Å². The molecule has 0 aliphatic carbocycles. The fourth-order valence-electron chi connectivity index (χ4n) is 2.38. The number of carbonyl (C=O) groups excluding carboxylic acids is 2. The van der Waals surface area contributed by atoms with Crippen molar-refractivity contribution >= 4 is 60.8 Å². The molecule has 0 spiro atoms. The number of hydrogen-bond donors (Lipinski definition) is 0. The van der Waals surface area contributed by atoms with Gasteiger partial charge in [0.2, 0.25) is 0 Å². The number of carbonyl (C=O) groups is 2. The van der Waals surface area contributed by atoms with Crippen LogP contribution in [0.15, 0.2) is 30.3 Å². The molecule has 0 bridgehead atoms. The van der Waals surface area contributed by atoms with E-state index < -0.39 is 17.4 Å². The monoisotopic (exact) mass is 414 g/mol. The number of carboxylic acids is 2. The molecule has 0 amide bonds. The van der Waals surface area contributed by atoms with Gasteiger partial charge < -0.3 is 19.8 Å². The third-order valence-corrected chi connectivity index (χ3v) is 3.62. The Balaban J connectivity index is 0.00000400. The maximum Gasteiger partial charge on any atom is 2.00 e. The van der Waals surface area contributed by atoms with Gasteiger partial charge in [-0.2, -0.15) is 0 Å². The number of benzene rings is 1. The van der Waals surface area contributed by atoms with Crippen LogP contribution in [0.25, 0.3) is 0 Å². The minimum Gasteiger partial charge on any atom is -0.549 e. The number of aliphatic carboxylic acids is 2. The fraction of sp³-hybridized carbons (Fsp3) is 0.500. The number of unbranched alkanes of at least 4 members (excludes halogenated alkanes) is 4. The summed E-state index contributed by atoms with van der Waals surface area (Å²) in [6.45, 7) is 2.08. The van der Waals surface area contributed by atoms with Crippen molar-refractivity contribution < 1.29 is 19.8 Å². The zero-order chi connectivity index (χ0) is 15.0. The molecule has 0 aliphatic rings. The van der Waals surface area contributed by atoms with Gasteiger partial charge in [0.25, 0.3) is 0 Å². The second kappa shape index (κ2) is 10.5. The van der Waals surface area contributed by atoms with Crippen LogP contribution in [-0.4, -0.2) is 60.8 Å². The van der Waals surface area contributed by atoms with Crippen molar-refractivity contribution in [2.24, 2.45) is 0 Å². The Bertz CT molecular complexity index is 431. The van der Waals surface area contributed by atoms with Crippen LogP contribution in [0, 0.1) is 0 Å². The van der Waals surface area contributed by atoms with Gasteiger partial charge in [-0.05, 0) is 12.0 Å². The van der Waals surface area contributed by atoms with E-state index >= 15 is 0 Å². The molecule has 0 N–H and O–H groups in total. The van der Waals surface area contributed by atoms with E-state index in [0.717, 1.165) is 25.7 Å². The topological polar surface area (TPSA) is 80.3 Å². The van der Waals surface area contributed by atoms with Gasteiger partial charge in [-0.3, -0.25) is 0 Å². The smallest absolute Gasteiger partial charge is 0.549 e. The van der Waals surface area contributed by atoms with E-state index in [-0.39, 0.29) is 60.9 Å². The zero-order valence-electron chi connectivity index (χ0n) is 12.5. The summed E-state index contributed by atoms with van der Waals surface area (Å²) in [7, 11) is 0. The zero-order valence-corrected chi connectivity index (χ0v) is 16.9.